The van der Waals surface area contributed by atoms with Gasteiger partial charge in [-0.3, -0.25) is 4.79 Å². The van der Waals surface area contributed by atoms with Crippen molar-refractivity contribution in [1.82, 2.24) is 4.90 Å². The quantitative estimate of drug-likeness (QED) is 0.878. The normalized spacial score (nSPS) is 10.2. The molecular formula is C16H17NO6. The summed E-state index contributed by atoms with van der Waals surface area (Å²) in [5.41, 5.74) is 0.720. The number of carboxylic acid groups (broad SMARTS) is 1. The summed E-state index contributed by atoms with van der Waals surface area (Å²) in [7, 11) is 4.68. The van der Waals surface area contributed by atoms with Gasteiger partial charge < -0.3 is 23.9 Å². The van der Waals surface area contributed by atoms with E-state index in [9.17, 15) is 9.59 Å². The van der Waals surface area contributed by atoms with E-state index in [1.54, 1.807) is 32.4 Å². The topological polar surface area (TPSA) is 89.2 Å². The van der Waals surface area contributed by atoms with Gasteiger partial charge in [0, 0.05) is 31.3 Å². The lowest BCUT2D eigenvalue weighted by Gasteiger charge is -2.18. The van der Waals surface area contributed by atoms with Crippen LogP contribution in [0.3, 0.4) is 0 Å². The minimum atomic E-state index is -1.15. The molecule has 2 rings (SSSR count). The van der Waals surface area contributed by atoms with E-state index < -0.39 is 11.9 Å². The highest BCUT2D eigenvalue weighted by atomic mass is 16.5. The lowest BCUT2D eigenvalue weighted by molar-refractivity contribution is 0.0695. The third kappa shape index (κ3) is 3.63. The summed E-state index contributed by atoms with van der Waals surface area (Å²) in [5, 5.41) is 8.86. The van der Waals surface area contributed by atoms with Crippen molar-refractivity contribution in [1.29, 1.82) is 0 Å². The smallest absolute Gasteiger partial charge is 0.338 e. The average molecular weight is 319 g/mol. The number of ether oxygens (including phenoxy) is 2. The molecule has 1 heterocycles. The van der Waals surface area contributed by atoms with E-state index in [2.05, 4.69) is 0 Å². The first-order chi connectivity index (χ1) is 11.0. The molecule has 0 aliphatic rings. The Bertz CT molecular complexity index is 721. The van der Waals surface area contributed by atoms with Gasteiger partial charge in [0.05, 0.1) is 19.8 Å². The molecule has 1 aromatic carbocycles. The molecule has 0 aliphatic heterocycles. The van der Waals surface area contributed by atoms with Crippen LogP contribution in [0.1, 0.15) is 26.5 Å². The molecule has 0 saturated carbocycles. The summed E-state index contributed by atoms with van der Waals surface area (Å²) in [6.07, 6.45) is 1.04. The van der Waals surface area contributed by atoms with Crippen molar-refractivity contribution in [3.05, 3.63) is 47.4 Å². The zero-order valence-electron chi connectivity index (χ0n) is 13.0. The Labute approximate surface area is 133 Å². The summed E-state index contributed by atoms with van der Waals surface area (Å²) in [6.45, 7) is 0.273. The van der Waals surface area contributed by atoms with Crippen LogP contribution in [0.25, 0.3) is 0 Å². The fraction of sp³-hybridized carbons (Fsp3) is 0.250. The maximum Gasteiger partial charge on any atom is 0.338 e. The molecule has 0 spiro atoms. The van der Waals surface area contributed by atoms with Gasteiger partial charge in [-0.2, -0.15) is 0 Å². The molecule has 1 amide bonds. The highest BCUT2D eigenvalue weighted by molar-refractivity contribution is 5.95. The summed E-state index contributed by atoms with van der Waals surface area (Å²) >= 11 is 0. The number of benzene rings is 1. The number of carbonyl (C=O) groups excluding carboxylic acids is 1. The summed E-state index contributed by atoms with van der Waals surface area (Å²) in [5.74, 6) is -0.355. The molecule has 0 aliphatic carbocycles. The maximum absolute atomic E-state index is 12.3. The number of carboxylic acids is 1. The molecule has 2 aromatic rings. The highest BCUT2D eigenvalue weighted by Gasteiger charge is 2.19. The molecule has 122 valence electrons. The lowest BCUT2D eigenvalue weighted by Crippen LogP contribution is -2.26. The Hall–Kier alpha value is -2.96. The van der Waals surface area contributed by atoms with Crippen molar-refractivity contribution < 1.29 is 28.6 Å². The maximum atomic E-state index is 12.3. The second kappa shape index (κ2) is 6.87. The van der Waals surface area contributed by atoms with Crippen LogP contribution in [-0.4, -0.2) is 43.2 Å². The van der Waals surface area contributed by atoms with Gasteiger partial charge in [-0.15, -0.1) is 0 Å². The number of hydrogen-bond acceptors (Lipinski definition) is 5. The second-order valence-electron chi connectivity index (χ2n) is 4.84. The van der Waals surface area contributed by atoms with E-state index in [1.165, 1.54) is 18.1 Å². The Morgan fingerprint density at radius 3 is 2.52 bits per heavy atom. The summed E-state index contributed by atoms with van der Waals surface area (Å²) in [6, 6.07) is 6.49. The fourth-order valence-electron chi connectivity index (χ4n) is 2.06. The SMILES string of the molecule is COc1ccc(CN(C)C(=O)c2cc(C(=O)O)co2)c(OC)c1. The Balaban J connectivity index is 2.15. The third-order valence-corrected chi connectivity index (χ3v) is 3.31. The molecule has 0 unspecified atom stereocenters. The zero-order chi connectivity index (χ0) is 17.0. The molecule has 7 heteroatoms. The number of rotatable bonds is 6. The van der Waals surface area contributed by atoms with Crippen molar-refractivity contribution >= 4 is 11.9 Å². The van der Waals surface area contributed by atoms with Crippen molar-refractivity contribution in [2.75, 3.05) is 21.3 Å². The molecule has 0 atom stereocenters. The number of hydrogen-bond donors (Lipinski definition) is 1. The number of amides is 1. The number of furan rings is 1. The van der Waals surface area contributed by atoms with Gasteiger partial charge in [-0.05, 0) is 12.1 Å². The van der Waals surface area contributed by atoms with Crippen molar-refractivity contribution in [3.8, 4) is 11.5 Å². The summed E-state index contributed by atoms with van der Waals surface area (Å²) in [4.78, 5) is 24.5. The summed E-state index contributed by atoms with van der Waals surface area (Å²) < 4.78 is 15.4. The standard InChI is InChI=1S/C16H17NO6/c1-17(15(18)14-6-11(9-23-14)16(19)20)8-10-4-5-12(21-2)7-13(10)22-3/h4-7,9H,8H2,1-3H3,(H,19,20). The minimum absolute atomic E-state index is 0.0302. The van der Waals surface area contributed by atoms with Gasteiger partial charge in [0.2, 0.25) is 0 Å². The minimum Gasteiger partial charge on any atom is -0.497 e. The molecule has 0 radical (unpaired) electrons. The predicted octanol–water partition coefficient (Wildman–Crippen LogP) is 2.27. The second-order valence-corrected chi connectivity index (χ2v) is 4.84. The van der Waals surface area contributed by atoms with Gasteiger partial charge in [-0.1, -0.05) is 0 Å². The first-order valence-corrected chi connectivity index (χ1v) is 6.74. The first kappa shape index (κ1) is 16.4. The Morgan fingerprint density at radius 1 is 1.22 bits per heavy atom. The van der Waals surface area contributed by atoms with E-state index >= 15 is 0 Å². The van der Waals surface area contributed by atoms with Crippen LogP contribution >= 0.6 is 0 Å². The first-order valence-electron chi connectivity index (χ1n) is 6.74. The van der Waals surface area contributed by atoms with Crippen LogP contribution in [0.15, 0.2) is 34.9 Å². The van der Waals surface area contributed by atoms with Crippen LogP contribution in [0.5, 0.6) is 11.5 Å². The molecular weight excluding hydrogens is 302 g/mol. The average Bonchev–Trinajstić information content (AvgIpc) is 3.04. The molecule has 7 nitrogen and oxygen atoms in total. The van der Waals surface area contributed by atoms with Crippen molar-refractivity contribution in [2.45, 2.75) is 6.54 Å². The van der Waals surface area contributed by atoms with E-state index in [4.69, 9.17) is 19.0 Å². The largest absolute Gasteiger partial charge is 0.497 e. The van der Waals surface area contributed by atoms with Gasteiger partial charge in [0.25, 0.3) is 5.91 Å². The molecule has 0 fully saturated rings. The van der Waals surface area contributed by atoms with Crippen LogP contribution in [0.4, 0.5) is 0 Å². The molecule has 0 saturated heterocycles. The Morgan fingerprint density at radius 2 is 1.96 bits per heavy atom. The monoisotopic (exact) mass is 319 g/mol. The molecule has 1 aromatic heterocycles. The van der Waals surface area contributed by atoms with Gasteiger partial charge in [0.1, 0.15) is 17.8 Å². The van der Waals surface area contributed by atoms with Gasteiger partial charge in [-0.25, -0.2) is 4.79 Å². The molecule has 0 bridgehead atoms. The third-order valence-electron chi connectivity index (χ3n) is 3.31. The van der Waals surface area contributed by atoms with Gasteiger partial charge in [0.15, 0.2) is 5.76 Å². The van der Waals surface area contributed by atoms with Crippen LogP contribution in [0, 0.1) is 0 Å². The fourth-order valence-corrected chi connectivity index (χ4v) is 2.06. The predicted molar refractivity (Wildman–Crippen MR) is 81.0 cm³/mol. The lowest BCUT2D eigenvalue weighted by atomic mass is 10.1. The number of nitrogens with zero attached hydrogens (tertiary/aromatic N) is 1. The number of carbonyl (C=O) groups is 2. The molecule has 23 heavy (non-hydrogen) atoms. The van der Waals surface area contributed by atoms with E-state index in [1.807, 2.05) is 0 Å². The van der Waals surface area contributed by atoms with E-state index in [0.29, 0.717) is 11.5 Å². The highest BCUT2D eigenvalue weighted by Crippen LogP contribution is 2.26. The van der Waals surface area contributed by atoms with Gasteiger partial charge >= 0.3 is 5.97 Å². The zero-order valence-corrected chi connectivity index (χ0v) is 13.0. The number of aromatic carboxylic acids is 1. The van der Waals surface area contributed by atoms with Crippen LogP contribution in [-0.2, 0) is 6.54 Å². The Kier molecular flexibility index (Phi) is 4.90. The van der Waals surface area contributed by atoms with E-state index in [0.717, 1.165) is 11.8 Å². The van der Waals surface area contributed by atoms with Crippen molar-refractivity contribution in [3.63, 3.8) is 0 Å². The molecule has 1 N–H and O–H groups in total. The van der Waals surface area contributed by atoms with Crippen LogP contribution in [0.2, 0.25) is 0 Å². The van der Waals surface area contributed by atoms with Crippen LogP contribution < -0.4 is 9.47 Å². The number of methoxy groups -OCH3 is 2. The van der Waals surface area contributed by atoms with Crippen molar-refractivity contribution in [2.24, 2.45) is 0 Å². The van der Waals surface area contributed by atoms with E-state index in [-0.39, 0.29) is 17.9 Å².